The van der Waals surface area contributed by atoms with Crippen LogP contribution < -0.4 is 10.7 Å². The van der Waals surface area contributed by atoms with Crippen LogP contribution in [0, 0.1) is 6.92 Å². The fourth-order valence-corrected chi connectivity index (χ4v) is 4.35. The van der Waals surface area contributed by atoms with Crippen molar-refractivity contribution in [1.29, 1.82) is 0 Å². The molecular formula is C24H38N4O3. The standard InChI is InChI=1S/C24H38N4O3/c1-18-11-13-19(14-12-18)23(24(30)25-16-21-10-7-15-31-21)28(22(29)17-27(2)3)26-20-8-5-4-6-9-20/h11-14,20-21,23,26H,4-10,15-17H2,1-3H3,(H,25,30). The zero-order valence-electron chi connectivity index (χ0n) is 19.2. The topological polar surface area (TPSA) is 73.9 Å². The van der Waals surface area contributed by atoms with Crippen molar-refractivity contribution in [1.82, 2.24) is 20.7 Å². The average Bonchev–Trinajstić information content (AvgIpc) is 3.27. The van der Waals surface area contributed by atoms with E-state index in [0.29, 0.717) is 6.54 Å². The van der Waals surface area contributed by atoms with Gasteiger partial charge in [0.15, 0.2) is 6.04 Å². The van der Waals surface area contributed by atoms with Gasteiger partial charge in [-0.1, -0.05) is 49.1 Å². The lowest BCUT2D eigenvalue weighted by Crippen LogP contribution is -2.56. The van der Waals surface area contributed by atoms with E-state index in [1.165, 1.54) is 6.42 Å². The van der Waals surface area contributed by atoms with E-state index in [4.69, 9.17) is 4.74 Å². The average molecular weight is 431 g/mol. The summed E-state index contributed by atoms with van der Waals surface area (Å²) in [6.45, 7) is 3.48. The molecule has 7 nitrogen and oxygen atoms in total. The molecule has 0 radical (unpaired) electrons. The van der Waals surface area contributed by atoms with Gasteiger partial charge in [0.1, 0.15) is 0 Å². The summed E-state index contributed by atoms with van der Waals surface area (Å²) in [5.41, 5.74) is 5.38. The molecule has 0 aromatic heterocycles. The van der Waals surface area contributed by atoms with E-state index < -0.39 is 6.04 Å². The van der Waals surface area contributed by atoms with Crippen LogP contribution in [-0.2, 0) is 14.3 Å². The van der Waals surface area contributed by atoms with Crippen molar-refractivity contribution < 1.29 is 14.3 Å². The summed E-state index contributed by atoms with van der Waals surface area (Å²) >= 11 is 0. The van der Waals surface area contributed by atoms with E-state index in [2.05, 4.69) is 10.7 Å². The van der Waals surface area contributed by atoms with E-state index in [1.54, 1.807) is 5.01 Å². The van der Waals surface area contributed by atoms with E-state index >= 15 is 0 Å². The first-order valence-corrected chi connectivity index (χ1v) is 11.6. The molecule has 1 aliphatic carbocycles. The maximum absolute atomic E-state index is 13.4. The second kappa shape index (κ2) is 11.6. The molecule has 1 aliphatic heterocycles. The highest BCUT2D eigenvalue weighted by molar-refractivity contribution is 5.89. The third kappa shape index (κ3) is 7.02. The van der Waals surface area contributed by atoms with Crippen LogP contribution in [0.4, 0.5) is 0 Å². The first-order valence-electron chi connectivity index (χ1n) is 11.6. The number of hydrogen-bond donors (Lipinski definition) is 2. The fraction of sp³-hybridized carbons (Fsp3) is 0.667. The summed E-state index contributed by atoms with van der Waals surface area (Å²) in [7, 11) is 3.74. The minimum Gasteiger partial charge on any atom is -0.376 e. The highest BCUT2D eigenvalue weighted by atomic mass is 16.5. The molecule has 0 bridgehead atoms. The largest absolute Gasteiger partial charge is 0.376 e. The summed E-state index contributed by atoms with van der Waals surface area (Å²) in [4.78, 5) is 28.6. The first-order chi connectivity index (χ1) is 14.9. The Labute approximate surface area is 186 Å². The van der Waals surface area contributed by atoms with Crippen LogP contribution in [0.5, 0.6) is 0 Å². The molecule has 2 N–H and O–H groups in total. The Morgan fingerprint density at radius 1 is 1.06 bits per heavy atom. The van der Waals surface area contributed by atoms with E-state index in [9.17, 15) is 9.59 Å². The highest BCUT2D eigenvalue weighted by Gasteiger charge is 2.34. The molecule has 172 valence electrons. The lowest BCUT2D eigenvalue weighted by atomic mass is 9.96. The first kappa shape index (κ1) is 23.7. The van der Waals surface area contributed by atoms with Crippen LogP contribution in [0.1, 0.15) is 62.1 Å². The van der Waals surface area contributed by atoms with Crippen molar-refractivity contribution in [2.24, 2.45) is 0 Å². The van der Waals surface area contributed by atoms with Crippen LogP contribution >= 0.6 is 0 Å². The summed E-state index contributed by atoms with van der Waals surface area (Å²) in [5, 5.41) is 4.64. The molecule has 2 amide bonds. The number of nitrogens with one attached hydrogen (secondary N) is 2. The van der Waals surface area contributed by atoms with Gasteiger partial charge in [-0.2, -0.15) is 0 Å². The molecule has 2 fully saturated rings. The highest BCUT2D eigenvalue weighted by Crippen LogP contribution is 2.24. The maximum atomic E-state index is 13.4. The molecule has 31 heavy (non-hydrogen) atoms. The van der Waals surface area contributed by atoms with Crippen molar-refractivity contribution in [3.05, 3.63) is 35.4 Å². The van der Waals surface area contributed by atoms with Gasteiger partial charge < -0.3 is 15.0 Å². The summed E-state index contributed by atoms with van der Waals surface area (Å²) in [6.07, 6.45) is 7.60. The monoisotopic (exact) mass is 430 g/mol. The smallest absolute Gasteiger partial charge is 0.251 e. The number of carbonyl (C=O) groups is 2. The SMILES string of the molecule is Cc1ccc(C(C(=O)NCC2CCCO2)N(NC2CCCCC2)C(=O)CN(C)C)cc1. The lowest BCUT2D eigenvalue weighted by molar-refractivity contribution is -0.146. The van der Waals surface area contributed by atoms with Gasteiger partial charge in [-0.25, -0.2) is 5.43 Å². The van der Waals surface area contributed by atoms with Crippen molar-refractivity contribution in [3.8, 4) is 0 Å². The number of hydrazine groups is 1. The Kier molecular flexibility index (Phi) is 8.87. The van der Waals surface area contributed by atoms with Crippen LogP contribution in [0.25, 0.3) is 0 Å². The summed E-state index contributed by atoms with van der Waals surface area (Å²) in [5.74, 6) is -0.275. The third-order valence-corrected chi connectivity index (χ3v) is 6.07. The normalized spacial score (nSPS) is 20.6. The molecule has 1 aromatic carbocycles. The number of carbonyl (C=O) groups excluding carboxylic acids is 2. The molecule has 2 unspecified atom stereocenters. The molecule has 2 atom stereocenters. The van der Waals surface area contributed by atoms with E-state index in [-0.39, 0.29) is 30.5 Å². The van der Waals surface area contributed by atoms with Crippen LogP contribution in [0.2, 0.25) is 0 Å². The molecule has 7 heteroatoms. The quantitative estimate of drug-likeness (QED) is 0.589. The number of benzene rings is 1. The predicted molar refractivity (Wildman–Crippen MR) is 121 cm³/mol. The molecular weight excluding hydrogens is 392 g/mol. The van der Waals surface area contributed by atoms with Crippen LogP contribution in [0.3, 0.4) is 0 Å². The van der Waals surface area contributed by atoms with Gasteiger partial charge >= 0.3 is 0 Å². The maximum Gasteiger partial charge on any atom is 0.251 e. The minimum atomic E-state index is -0.726. The fourth-order valence-electron chi connectivity index (χ4n) is 4.35. The molecule has 2 aliphatic rings. The summed E-state index contributed by atoms with van der Waals surface area (Å²) < 4.78 is 5.67. The van der Waals surface area contributed by atoms with Crippen molar-refractivity contribution >= 4 is 11.8 Å². The third-order valence-electron chi connectivity index (χ3n) is 6.07. The van der Waals surface area contributed by atoms with Gasteiger partial charge in [0, 0.05) is 19.2 Å². The van der Waals surface area contributed by atoms with Gasteiger partial charge in [-0.05, 0) is 52.3 Å². The van der Waals surface area contributed by atoms with Gasteiger partial charge in [-0.3, -0.25) is 14.6 Å². The van der Waals surface area contributed by atoms with E-state index in [1.807, 2.05) is 50.2 Å². The number of amides is 2. The zero-order chi connectivity index (χ0) is 22.2. The second-order valence-corrected chi connectivity index (χ2v) is 9.16. The molecule has 3 rings (SSSR count). The Morgan fingerprint density at radius 3 is 2.39 bits per heavy atom. The predicted octanol–water partition coefficient (Wildman–Crippen LogP) is 2.56. The van der Waals surface area contributed by atoms with Crippen molar-refractivity contribution in [3.63, 3.8) is 0 Å². The number of aryl methyl sites for hydroxylation is 1. The Balaban J connectivity index is 1.85. The van der Waals surface area contributed by atoms with Crippen molar-refractivity contribution in [2.45, 2.75) is 70.1 Å². The number of rotatable bonds is 9. The second-order valence-electron chi connectivity index (χ2n) is 9.16. The molecule has 1 heterocycles. The molecule has 1 saturated heterocycles. The number of hydrogen-bond acceptors (Lipinski definition) is 5. The van der Waals surface area contributed by atoms with E-state index in [0.717, 1.165) is 56.3 Å². The summed E-state index contributed by atoms with van der Waals surface area (Å²) in [6, 6.07) is 7.36. The number of ether oxygens (including phenoxy) is 1. The van der Waals surface area contributed by atoms with Crippen LogP contribution in [-0.4, -0.2) is 67.7 Å². The number of nitrogens with zero attached hydrogens (tertiary/aromatic N) is 2. The number of likely N-dealkylation sites (N-methyl/N-ethyl adjacent to an activating group) is 1. The lowest BCUT2D eigenvalue weighted by Gasteiger charge is -2.36. The van der Waals surface area contributed by atoms with Gasteiger partial charge in [-0.15, -0.1) is 0 Å². The van der Waals surface area contributed by atoms with Gasteiger partial charge in [0.25, 0.3) is 5.91 Å². The van der Waals surface area contributed by atoms with Gasteiger partial charge in [0.2, 0.25) is 5.91 Å². The molecule has 1 saturated carbocycles. The molecule has 0 spiro atoms. The Bertz CT molecular complexity index is 710. The van der Waals surface area contributed by atoms with Crippen LogP contribution in [0.15, 0.2) is 24.3 Å². The Hall–Kier alpha value is -1.96. The minimum absolute atomic E-state index is 0.0554. The van der Waals surface area contributed by atoms with Crippen molar-refractivity contribution in [2.75, 3.05) is 33.8 Å². The molecule has 1 aromatic rings. The Morgan fingerprint density at radius 2 is 1.77 bits per heavy atom. The zero-order valence-corrected chi connectivity index (χ0v) is 19.2. The van der Waals surface area contributed by atoms with Gasteiger partial charge in [0.05, 0.1) is 12.6 Å².